The fourth-order valence-electron chi connectivity index (χ4n) is 3.00. The summed E-state index contributed by atoms with van der Waals surface area (Å²) in [6.45, 7) is 2.25. The van der Waals surface area contributed by atoms with Crippen LogP contribution < -0.4 is 16.2 Å². The number of rotatable bonds is 4. The Bertz CT molecular complexity index is 833. The molecule has 4 N–H and O–H groups in total. The minimum absolute atomic E-state index is 0.298. The molecule has 0 saturated heterocycles. The topological polar surface area (TPSA) is 74.2 Å². The first kappa shape index (κ1) is 15.5. The van der Waals surface area contributed by atoms with E-state index in [0.717, 1.165) is 33.5 Å². The maximum atomic E-state index is 6.77. The van der Waals surface area contributed by atoms with Crippen LogP contribution >= 0.6 is 0 Å². The lowest BCUT2D eigenvalue weighted by atomic mass is 9.81. The van der Waals surface area contributed by atoms with E-state index in [1.54, 1.807) is 7.11 Å². The predicted molar refractivity (Wildman–Crippen MR) is 93.5 cm³/mol. The number of aromatic nitrogens is 1. The Labute approximate surface area is 136 Å². The molecule has 0 radical (unpaired) electrons. The fraction of sp³-hybridized carbons (Fsp3) is 0.211. The van der Waals surface area contributed by atoms with Crippen LogP contribution in [0.3, 0.4) is 0 Å². The standard InChI is InChI=1S/C19H21N3O/c1-13-11-16(15-9-6-10-17(23-2)18(15)22-13)19(21,12-20)14-7-4-3-5-8-14/h3-11H,12,20-21H2,1-2H3. The number of aryl methyl sites for hydroxylation is 1. The molecule has 0 aliphatic heterocycles. The molecule has 4 heteroatoms. The molecule has 1 unspecified atom stereocenters. The van der Waals surface area contributed by atoms with Crippen LogP contribution in [0.2, 0.25) is 0 Å². The number of fused-ring (bicyclic) bond motifs is 1. The van der Waals surface area contributed by atoms with Crippen molar-refractivity contribution >= 4 is 10.9 Å². The Morgan fingerprint density at radius 1 is 1.09 bits per heavy atom. The molecule has 3 rings (SSSR count). The van der Waals surface area contributed by atoms with E-state index in [2.05, 4.69) is 4.98 Å². The van der Waals surface area contributed by atoms with Crippen molar-refractivity contribution in [2.75, 3.05) is 13.7 Å². The summed E-state index contributed by atoms with van der Waals surface area (Å²) < 4.78 is 5.45. The van der Waals surface area contributed by atoms with Crippen molar-refractivity contribution in [2.45, 2.75) is 12.5 Å². The van der Waals surface area contributed by atoms with Gasteiger partial charge in [0.05, 0.1) is 12.6 Å². The van der Waals surface area contributed by atoms with Crippen LogP contribution in [0.1, 0.15) is 16.8 Å². The van der Waals surface area contributed by atoms with E-state index in [-0.39, 0.29) is 0 Å². The molecule has 118 valence electrons. The zero-order chi connectivity index (χ0) is 16.4. The molecule has 3 aromatic rings. The highest BCUT2D eigenvalue weighted by atomic mass is 16.5. The van der Waals surface area contributed by atoms with Gasteiger partial charge in [-0.2, -0.15) is 0 Å². The zero-order valence-electron chi connectivity index (χ0n) is 13.4. The lowest BCUT2D eigenvalue weighted by Gasteiger charge is -2.31. The summed E-state index contributed by atoms with van der Waals surface area (Å²) in [5.41, 5.74) is 15.7. The van der Waals surface area contributed by atoms with Gasteiger partial charge in [0.15, 0.2) is 0 Å². The molecule has 0 saturated carbocycles. The smallest absolute Gasteiger partial charge is 0.145 e. The van der Waals surface area contributed by atoms with Gasteiger partial charge in [-0.15, -0.1) is 0 Å². The van der Waals surface area contributed by atoms with Crippen LogP contribution in [0, 0.1) is 6.92 Å². The average molecular weight is 307 g/mol. The SMILES string of the molecule is COc1cccc2c(C(N)(CN)c3ccccc3)cc(C)nc12. The van der Waals surface area contributed by atoms with Crippen LogP contribution in [0.5, 0.6) is 5.75 Å². The maximum absolute atomic E-state index is 6.77. The number of ether oxygens (including phenoxy) is 1. The highest BCUT2D eigenvalue weighted by molar-refractivity contribution is 5.89. The number of hydrogen-bond donors (Lipinski definition) is 2. The molecule has 1 heterocycles. The Kier molecular flexibility index (Phi) is 4.03. The Morgan fingerprint density at radius 3 is 2.48 bits per heavy atom. The molecular formula is C19H21N3O. The Hall–Kier alpha value is -2.43. The molecule has 0 fully saturated rings. The van der Waals surface area contributed by atoms with Crippen LogP contribution in [0.15, 0.2) is 54.6 Å². The number of pyridine rings is 1. The minimum atomic E-state index is -0.778. The second-order valence-electron chi connectivity index (χ2n) is 5.71. The summed E-state index contributed by atoms with van der Waals surface area (Å²) in [7, 11) is 1.65. The highest BCUT2D eigenvalue weighted by Gasteiger charge is 2.30. The molecule has 0 aliphatic rings. The molecule has 1 atom stereocenters. The van der Waals surface area contributed by atoms with Gasteiger partial charge < -0.3 is 16.2 Å². The molecule has 2 aromatic carbocycles. The van der Waals surface area contributed by atoms with Gasteiger partial charge in [0.1, 0.15) is 11.3 Å². The molecule has 0 spiro atoms. The number of nitrogens with zero attached hydrogens (tertiary/aromatic N) is 1. The van der Waals surface area contributed by atoms with Crippen molar-refractivity contribution in [3.05, 3.63) is 71.4 Å². The molecule has 1 aromatic heterocycles. The summed E-state index contributed by atoms with van der Waals surface area (Å²) in [5, 5.41) is 0.965. The van der Waals surface area contributed by atoms with Crippen molar-refractivity contribution in [3.63, 3.8) is 0 Å². The summed E-state index contributed by atoms with van der Waals surface area (Å²) in [5.74, 6) is 0.736. The Morgan fingerprint density at radius 2 is 1.83 bits per heavy atom. The molecule has 23 heavy (non-hydrogen) atoms. The third-order valence-electron chi connectivity index (χ3n) is 4.24. The minimum Gasteiger partial charge on any atom is -0.494 e. The number of methoxy groups -OCH3 is 1. The van der Waals surface area contributed by atoms with Crippen molar-refractivity contribution in [3.8, 4) is 5.75 Å². The van der Waals surface area contributed by atoms with Gasteiger partial charge in [-0.1, -0.05) is 42.5 Å². The van der Waals surface area contributed by atoms with E-state index < -0.39 is 5.54 Å². The molecule has 0 aliphatic carbocycles. The lowest BCUT2D eigenvalue weighted by Crippen LogP contribution is -2.45. The van der Waals surface area contributed by atoms with E-state index in [4.69, 9.17) is 16.2 Å². The monoisotopic (exact) mass is 307 g/mol. The second kappa shape index (κ2) is 5.99. The van der Waals surface area contributed by atoms with Crippen molar-refractivity contribution < 1.29 is 4.74 Å². The van der Waals surface area contributed by atoms with Gasteiger partial charge in [0.25, 0.3) is 0 Å². The van der Waals surface area contributed by atoms with E-state index in [9.17, 15) is 0 Å². The Balaban J connectivity index is 2.34. The van der Waals surface area contributed by atoms with Crippen LogP contribution in [-0.4, -0.2) is 18.6 Å². The van der Waals surface area contributed by atoms with Crippen molar-refractivity contribution in [1.29, 1.82) is 0 Å². The van der Waals surface area contributed by atoms with Gasteiger partial charge in [-0.05, 0) is 30.2 Å². The quantitative estimate of drug-likeness (QED) is 0.777. The van der Waals surface area contributed by atoms with Gasteiger partial charge >= 0.3 is 0 Å². The first-order valence-corrected chi connectivity index (χ1v) is 7.59. The summed E-state index contributed by atoms with van der Waals surface area (Å²) >= 11 is 0. The van der Waals surface area contributed by atoms with E-state index in [1.807, 2.05) is 61.5 Å². The highest BCUT2D eigenvalue weighted by Crippen LogP contribution is 2.34. The van der Waals surface area contributed by atoms with Crippen LogP contribution in [0.4, 0.5) is 0 Å². The summed E-state index contributed by atoms with van der Waals surface area (Å²) in [6.07, 6.45) is 0. The molecule has 0 amide bonds. The zero-order valence-corrected chi connectivity index (χ0v) is 13.4. The first-order valence-electron chi connectivity index (χ1n) is 7.59. The average Bonchev–Trinajstić information content (AvgIpc) is 2.60. The summed E-state index contributed by atoms with van der Waals surface area (Å²) in [6, 6.07) is 17.8. The third kappa shape index (κ3) is 2.56. The van der Waals surface area contributed by atoms with E-state index in [1.165, 1.54) is 0 Å². The van der Waals surface area contributed by atoms with Gasteiger partial charge in [0, 0.05) is 17.6 Å². The van der Waals surface area contributed by atoms with E-state index >= 15 is 0 Å². The lowest BCUT2D eigenvalue weighted by molar-refractivity contribution is 0.418. The predicted octanol–water partition coefficient (Wildman–Crippen LogP) is 2.71. The van der Waals surface area contributed by atoms with Crippen LogP contribution in [-0.2, 0) is 5.54 Å². The van der Waals surface area contributed by atoms with Crippen LogP contribution in [0.25, 0.3) is 10.9 Å². The third-order valence-corrected chi connectivity index (χ3v) is 4.24. The first-order chi connectivity index (χ1) is 11.1. The largest absolute Gasteiger partial charge is 0.494 e. The number of para-hydroxylation sites is 1. The van der Waals surface area contributed by atoms with Crippen molar-refractivity contribution in [2.24, 2.45) is 11.5 Å². The molecule has 4 nitrogen and oxygen atoms in total. The normalized spacial score (nSPS) is 13.7. The van der Waals surface area contributed by atoms with Crippen molar-refractivity contribution in [1.82, 2.24) is 4.98 Å². The van der Waals surface area contributed by atoms with Gasteiger partial charge in [-0.25, -0.2) is 4.98 Å². The number of hydrogen-bond acceptors (Lipinski definition) is 4. The van der Waals surface area contributed by atoms with E-state index in [0.29, 0.717) is 6.54 Å². The molecular weight excluding hydrogens is 286 g/mol. The maximum Gasteiger partial charge on any atom is 0.145 e. The number of nitrogens with two attached hydrogens (primary N) is 2. The fourth-order valence-corrected chi connectivity index (χ4v) is 3.00. The second-order valence-corrected chi connectivity index (χ2v) is 5.71. The summed E-state index contributed by atoms with van der Waals surface area (Å²) in [4.78, 5) is 4.63. The van der Waals surface area contributed by atoms with Gasteiger partial charge in [-0.3, -0.25) is 0 Å². The molecule has 0 bridgehead atoms. The number of benzene rings is 2. The van der Waals surface area contributed by atoms with Gasteiger partial charge in [0.2, 0.25) is 0 Å².